The van der Waals surface area contributed by atoms with Gasteiger partial charge in [0.15, 0.2) is 0 Å². The number of amides is 1. The van der Waals surface area contributed by atoms with Crippen LogP contribution in [0.4, 0.5) is 11.4 Å². The maximum atomic E-state index is 11.1. The minimum Gasteiger partial charge on any atom is -0.379 e. The average Bonchev–Trinajstić information content (AvgIpc) is 2.87. The van der Waals surface area contributed by atoms with Crippen LogP contribution in [-0.2, 0) is 17.9 Å². The Morgan fingerprint density at radius 3 is 2.90 bits per heavy atom. The summed E-state index contributed by atoms with van der Waals surface area (Å²) in [7, 11) is 0. The van der Waals surface area contributed by atoms with Crippen molar-refractivity contribution in [2.24, 2.45) is 0 Å². The average molecular weight is 286 g/mol. The van der Waals surface area contributed by atoms with Crippen molar-refractivity contribution in [3.8, 4) is 0 Å². The Hall–Kier alpha value is -2.30. The van der Waals surface area contributed by atoms with Gasteiger partial charge in [-0.2, -0.15) is 0 Å². The highest BCUT2D eigenvalue weighted by Gasteiger charge is 2.04. The van der Waals surface area contributed by atoms with E-state index in [-0.39, 0.29) is 5.91 Å². The highest BCUT2D eigenvalue weighted by molar-refractivity contribution is 5.89. The minimum atomic E-state index is -0.0641. The fraction of sp³-hybridized carbons (Fsp3) is 0.375. The lowest BCUT2D eigenvalue weighted by atomic mass is 10.1. The summed E-state index contributed by atoms with van der Waals surface area (Å²) in [6.07, 6.45) is 4.83. The zero-order valence-corrected chi connectivity index (χ0v) is 12.8. The first-order valence-electron chi connectivity index (χ1n) is 7.21. The van der Waals surface area contributed by atoms with E-state index in [1.165, 1.54) is 6.92 Å². The molecular weight excluding hydrogens is 264 g/mol. The molecule has 0 spiro atoms. The number of hydrogen-bond donors (Lipinski definition) is 2. The molecule has 5 nitrogen and oxygen atoms in total. The second-order valence-electron chi connectivity index (χ2n) is 5.14. The normalized spacial score (nSPS) is 10.4. The molecule has 0 radical (unpaired) electrons. The summed E-state index contributed by atoms with van der Waals surface area (Å²) < 4.78 is 2.15. The molecule has 0 aliphatic heterocycles. The largest absolute Gasteiger partial charge is 0.379 e. The van der Waals surface area contributed by atoms with Crippen LogP contribution >= 0.6 is 0 Å². The van der Waals surface area contributed by atoms with Crippen molar-refractivity contribution in [2.45, 2.75) is 40.3 Å². The fourth-order valence-electron chi connectivity index (χ4n) is 2.22. The Bertz CT molecular complexity index is 618. The molecule has 0 atom stereocenters. The highest BCUT2D eigenvalue weighted by Crippen LogP contribution is 2.21. The number of nitrogens with one attached hydrogen (secondary N) is 2. The number of carbonyl (C=O) groups excluding carboxylic acids is 1. The van der Waals surface area contributed by atoms with Gasteiger partial charge in [0.05, 0.1) is 18.6 Å². The molecule has 1 heterocycles. The van der Waals surface area contributed by atoms with Gasteiger partial charge in [-0.25, -0.2) is 4.98 Å². The third-order valence-corrected chi connectivity index (χ3v) is 3.28. The lowest BCUT2D eigenvalue weighted by Gasteiger charge is -2.13. The van der Waals surface area contributed by atoms with Crippen LogP contribution in [-0.4, -0.2) is 15.5 Å². The second-order valence-corrected chi connectivity index (χ2v) is 5.14. The van der Waals surface area contributed by atoms with Crippen molar-refractivity contribution in [1.82, 2.24) is 9.55 Å². The van der Waals surface area contributed by atoms with Crippen LogP contribution in [0.25, 0.3) is 0 Å². The van der Waals surface area contributed by atoms with E-state index >= 15 is 0 Å². The van der Waals surface area contributed by atoms with Crippen LogP contribution in [0.3, 0.4) is 0 Å². The smallest absolute Gasteiger partial charge is 0.221 e. The van der Waals surface area contributed by atoms with E-state index in [1.54, 1.807) is 0 Å². The lowest BCUT2D eigenvalue weighted by molar-refractivity contribution is -0.114. The number of imidazole rings is 1. The molecule has 0 saturated carbocycles. The molecule has 0 aliphatic rings. The van der Waals surface area contributed by atoms with Crippen LogP contribution in [0.15, 0.2) is 30.7 Å². The van der Waals surface area contributed by atoms with Gasteiger partial charge >= 0.3 is 0 Å². The fourth-order valence-corrected chi connectivity index (χ4v) is 2.22. The molecule has 1 aromatic heterocycles. The third-order valence-electron chi connectivity index (χ3n) is 3.28. The summed E-state index contributed by atoms with van der Waals surface area (Å²) in [5.74, 6) is -0.0641. The van der Waals surface area contributed by atoms with Crippen LogP contribution < -0.4 is 10.6 Å². The second kappa shape index (κ2) is 6.92. The van der Waals surface area contributed by atoms with E-state index in [4.69, 9.17) is 0 Å². The number of benzene rings is 1. The third kappa shape index (κ3) is 4.08. The summed E-state index contributed by atoms with van der Waals surface area (Å²) in [5.41, 5.74) is 4.12. The van der Waals surface area contributed by atoms with E-state index < -0.39 is 0 Å². The molecule has 0 bridgehead atoms. The SMILES string of the molecule is CCCn1cncc1CNc1cc(NC(C)=O)ccc1C. The van der Waals surface area contributed by atoms with Gasteiger partial charge in [-0.1, -0.05) is 13.0 Å². The molecule has 1 aromatic carbocycles. The van der Waals surface area contributed by atoms with Crippen LogP contribution in [0.1, 0.15) is 31.5 Å². The van der Waals surface area contributed by atoms with Crippen molar-refractivity contribution in [1.29, 1.82) is 0 Å². The topological polar surface area (TPSA) is 59.0 Å². The molecule has 1 amide bonds. The minimum absolute atomic E-state index is 0.0641. The van der Waals surface area contributed by atoms with Gasteiger partial charge in [0.25, 0.3) is 0 Å². The molecule has 2 rings (SSSR count). The molecular formula is C16H22N4O. The number of rotatable bonds is 6. The van der Waals surface area contributed by atoms with Crippen LogP contribution in [0, 0.1) is 6.92 Å². The summed E-state index contributed by atoms with van der Waals surface area (Å²) in [6, 6.07) is 5.86. The van der Waals surface area contributed by atoms with E-state index in [2.05, 4.69) is 27.1 Å². The van der Waals surface area contributed by atoms with Crippen molar-refractivity contribution in [3.05, 3.63) is 42.0 Å². The number of aromatic nitrogens is 2. The number of anilines is 2. The van der Waals surface area contributed by atoms with Crippen LogP contribution in [0.5, 0.6) is 0 Å². The summed E-state index contributed by atoms with van der Waals surface area (Å²) >= 11 is 0. The highest BCUT2D eigenvalue weighted by atomic mass is 16.1. The molecule has 5 heteroatoms. The van der Waals surface area contributed by atoms with Crippen molar-refractivity contribution >= 4 is 17.3 Å². The zero-order valence-electron chi connectivity index (χ0n) is 12.8. The number of carbonyl (C=O) groups is 1. The van der Waals surface area contributed by atoms with Gasteiger partial charge < -0.3 is 15.2 Å². The van der Waals surface area contributed by atoms with Gasteiger partial charge in [0.1, 0.15) is 0 Å². The Balaban J connectivity index is 2.08. The first-order valence-corrected chi connectivity index (χ1v) is 7.21. The van der Waals surface area contributed by atoms with Gasteiger partial charge in [0.2, 0.25) is 5.91 Å². The quantitative estimate of drug-likeness (QED) is 0.857. The molecule has 2 aromatic rings. The Morgan fingerprint density at radius 1 is 1.38 bits per heavy atom. The molecule has 112 valence electrons. The van der Waals surface area contributed by atoms with E-state index in [1.807, 2.05) is 37.6 Å². The predicted octanol–water partition coefficient (Wildman–Crippen LogP) is 3.17. The van der Waals surface area contributed by atoms with Crippen molar-refractivity contribution in [3.63, 3.8) is 0 Å². The monoisotopic (exact) mass is 286 g/mol. The van der Waals surface area contributed by atoms with Gasteiger partial charge in [0, 0.05) is 31.0 Å². The number of hydrogen-bond acceptors (Lipinski definition) is 3. The van der Waals surface area contributed by atoms with E-state index in [0.29, 0.717) is 6.54 Å². The maximum absolute atomic E-state index is 11.1. The molecule has 0 saturated heterocycles. The summed E-state index contributed by atoms with van der Waals surface area (Å²) in [4.78, 5) is 15.3. The van der Waals surface area contributed by atoms with E-state index in [0.717, 1.165) is 35.6 Å². The Kier molecular flexibility index (Phi) is 4.98. The summed E-state index contributed by atoms with van der Waals surface area (Å²) in [5, 5.41) is 6.22. The first-order chi connectivity index (χ1) is 10.1. The maximum Gasteiger partial charge on any atom is 0.221 e. The van der Waals surface area contributed by atoms with Crippen LogP contribution in [0.2, 0.25) is 0 Å². The Morgan fingerprint density at radius 2 is 2.19 bits per heavy atom. The van der Waals surface area contributed by atoms with Crippen molar-refractivity contribution < 1.29 is 4.79 Å². The molecule has 21 heavy (non-hydrogen) atoms. The molecule has 0 fully saturated rings. The number of nitrogens with zero attached hydrogens (tertiary/aromatic N) is 2. The molecule has 2 N–H and O–H groups in total. The van der Waals surface area contributed by atoms with E-state index in [9.17, 15) is 4.79 Å². The first kappa shape index (κ1) is 15.1. The zero-order chi connectivity index (χ0) is 15.2. The van der Waals surface area contributed by atoms with Gasteiger partial charge in [-0.15, -0.1) is 0 Å². The summed E-state index contributed by atoms with van der Waals surface area (Å²) in [6.45, 7) is 7.39. The van der Waals surface area contributed by atoms with Gasteiger partial charge in [-0.05, 0) is 31.0 Å². The molecule has 0 unspecified atom stereocenters. The number of aryl methyl sites for hydroxylation is 2. The standard InChI is InChI=1S/C16H22N4O/c1-4-7-20-11-17-9-15(20)10-18-16-8-14(19-13(3)21)6-5-12(16)2/h5-6,8-9,11,18H,4,7,10H2,1-3H3,(H,19,21). The Labute approximate surface area is 125 Å². The molecule has 0 aliphatic carbocycles. The predicted molar refractivity (Wildman–Crippen MR) is 85.3 cm³/mol. The van der Waals surface area contributed by atoms with Crippen molar-refractivity contribution in [2.75, 3.05) is 10.6 Å². The lowest BCUT2D eigenvalue weighted by Crippen LogP contribution is -2.09. The van der Waals surface area contributed by atoms with Gasteiger partial charge in [-0.3, -0.25) is 4.79 Å².